The molecule has 2 aromatic carbocycles. The van der Waals surface area contributed by atoms with E-state index in [1.165, 1.54) is 23.9 Å². The maximum Gasteiger partial charge on any atom is 0.284 e. The summed E-state index contributed by atoms with van der Waals surface area (Å²) in [6.45, 7) is 5.91. The number of sulfone groups is 1. The Kier molecular flexibility index (Phi) is 4.81. The van der Waals surface area contributed by atoms with Crippen molar-refractivity contribution < 1.29 is 13.3 Å². The van der Waals surface area contributed by atoms with E-state index in [9.17, 15) is 18.5 Å². The van der Waals surface area contributed by atoms with Crippen LogP contribution in [0.4, 0.5) is 5.69 Å². The van der Waals surface area contributed by atoms with E-state index < -0.39 is 14.8 Å². The van der Waals surface area contributed by atoms with Crippen LogP contribution < -0.4 is 0 Å². The minimum Gasteiger partial charge on any atom is -0.258 e. The van der Waals surface area contributed by atoms with Gasteiger partial charge in [-0.2, -0.15) is 0 Å². The van der Waals surface area contributed by atoms with E-state index >= 15 is 0 Å². The molecule has 23 heavy (non-hydrogen) atoms. The molecule has 7 heteroatoms. The molecule has 0 saturated heterocycles. The van der Waals surface area contributed by atoms with Crippen LogP contribution in [0, 0.1) is 30.9 Å². The average Bonchev–Trinajstić information content (AvgIpc) is 2.41. The van der Waals surface area contributed by atoms with Crippen LogP contribution in [0.3, 0.4) is 0 Å². The lowest BCUT2D eigenvalue weighted by Gasteiger charge is -2.11. The van der Waals surface area contributed by atoms with E-state index in [1.807, 2.05) is 32.9 Å². The normalized spacial score (nSPS) is 11.5. The largest absolute Gasteiger partial charge is 0.284 e. The topological polar surface area (TPSA) is 77.3 Å². The summed E-state index contributed by atoms with van der Waals surface area (Å²) in [5.74, 6) is 0. The van der Waals surface area contributed by atoms with Gasteiger partial charge in [-0.3, -0.25) is 10.1 Å². The molecule has 0 spiro atoms. The maximum atomic E-state index is 11.6. The van der Waals surface area contributed by atoms with Crippen molar-refractivity contribution in [3.8, 4) is 0 Å². The minimum absolute atomic E-state index is 0.0501. The number of nitro groups is 1. The van der Waals surface area contributed by atoms with E-state index in [4.69, 9.17) is 0 Å². The van der Waals surface area contributed by atoms with E-state index in [1.54, 1.807) is 0 Å². The lowest BCUT2D eigenvalue weighted by Crippen LogP contribution is -2.00. The van der Waals surface area contributed by atoms with Crippen molar-refractivity contribution in [2.45, 2.75) is 35.5 Å². The molecule has 0 unspecified atom stereocenters. The Morgan fingerprint density at radius 1 is 1.04 bits per heavy atom. The molecular formula is C16H17NO4S2. The van der Waals surface area contributed by atoms with Crippen LogP contribution in [0.1, 0.15) is 16.7 Å². The summed E-state index contributed by atoms with van der Waals surface area (Å²) in [6.07, 6.45) is 1.03. The van der Waals surface area contributed by atoms with E-state index in [2.05, 4.69) is 0 Å². The molecule has 0 aliphatic rings. The van der Waals surface area contributed by atoms with Crippen molar-refractivity contribution in [2.75, 3.05) is 6.26 Å². The quantitative estimate of drug-likeness (QED) is 0.613. The molecule has 0 N–H and O–H groups in total. The zero-order valence-corrected chi connectivity index (χ0v) is 14.9. The van der Waals surface area contributed by atoms with E-state index in [0.717, 1.165) is 33.9 Å². The van der Waals surface area contributed by atoms with Crippen LogP contribution >= 0.6 is 11.8 Å². The fourth-order valence-electron chi connectivity index (χ4n) is 2.39. The van der Waals surface area contributed by atoms with Gasteiger partial charge >= 0.3 is 0 Å². The molecule has 0 radical (unpaired) electrons. The fourth-order valence-corrected chi connectivity index (χ4v) is 4.07. The first-order chi connectivity index (χ1) is 10.6. The Morgan fingerprint density at radius 2 is 1.61 bits per heavy atom. The zero-order valence-electron chi connectivity index (χ0n) is 13.3. The standard InChI is InChI=1S/C16H17NO4S2/c1-10-7-11(2)16(12(3)8-10)22-15-6-5-13(23(4,20)21)9-14(15)17(18)19/h5-9H,1-4H3. The van der Waals surface area contributed by atoms with Crippen LogP contribution in [0.5, 0.6) is 0 Å². The molecule has 0 aliphatic heterocycles. The molecule has 0 atom stereocenters. The first kappa shape index (κ1) is 17.5. The van der Waals surface area contributed by atoms with Crippen LogP contribution in [0.25, 0.3) is 0 Å². The number of nitro benzene ring substituents is 1. The van der Waals surface area contributed by atoms with Crippen molar-refractivity contribution in [1.82, 2.24) is 0 Å². The lowest BCUT2D eigenvalue weighted by atomic mass is 10.1. The molecule has 0 saturated carbocycles. The lowest BCUT2D eigenvalue weighted by molar-refractivity contribution is -0.388. The summed E-state index contributed by atoms with van der Waals surface area (Å²) in [7, 11) is -3.48. The number of rotatable bonds is 4. The highest BCUT2D eigenvalue weighted by molar-refractivity contribution is 7.99. The third-order valence-corrected chi connectivity index (χ3v) is 5.90. The molecule has 0 bridgehead atoms. The summed E-state index contributed by atoms with van der Waals surface area (Å²) < 4.78 is 23.2. The summed E-state index contributed by atoms with van der Waals surface area (Å²) in [4.78, 5) is 12.1. The van der Waals surface area contributed by atoms with Gasteiger partial charge in [0.05, 0.1) is 14.7 Å². The molecule has 0 fully saturated rings. The van der Waals surface area contributed by atoms with Crippen molar-refractivity contribution in [2.24, 2.45) is 0 Å². The Hall–Kier alpha value is -1.86. The van der Waals surface area contributed by atoms with Gasteiger partial charge in [-0.1, -0.05) is 29.5 Å². The van der Waals surface area contributed by atoms with Crippen LogP contribution in [-0.4, -0.2) is 19.6 Å². The van der Waals surface area contributed by atoms with E-state index in [0.29, 0.717) is 4.90 Å². The summed E-state index contributed by atoms with van der Waals surface area (Å²) in [5.41, 5.74) is 3.01. The van der Waals surface area contributed by atoms with Crippen LogP contribution in [0.15, 0.2) is 45.0 Å². The van der Waals surface area contributed by atoms with Gasteiger partial charge in [-0.25, -0.2) is 8.42 Å². The monoisotopic (exact) mass is 351 g/mol. The molecule has 0 aliphatic carbocycles. The highest BCUT2D eigenvalue weighted by Crippen LogP contribution is 2.39. The smallest absolute Gasteiger partial charge is 0.258 e. The first-order valence-electron chi connectivity index (χ1n) is 6.84. The predicted molar refractivity (Wildman–Crippen MR) is 91.0 cm³/mol. The Balaban J connectivity index is 2.55. The van der Waals surface area contributed by atoms with Gasteiger partial charge in [0, 0.05) is 17.2 Å². The van der Waals surface area contributed by atoms with Crippen molar-refractivity contribution >= 4 is 27.3 Å². The zero-order chi connectivity index (χ0) is 17.4. The van der Waals surface area contributed by atoms with E-state index in [-0.39, 0.29) is 10.6 Å². The summed E-state index contributed by atoms with van der Waals surface area (Å²) in [6, 6.07) is 8.07. The van der Waals surface area contributed by atoms with Crippen molar-refractivity contribution in [1.29, 1.82) is 0 Å². The Morgan fingerprint density at radius 3 is 2.09 bits per heavy atom. The maximum absolute atomic E-state index is 11.6. The first-order valence-corrected chi connectivity index (χ1v) is 9.54. The van der Waals surface area contributed by atoms with Crippen LogP contribution in [-0.2, 0) is 9.84 Å². The van der Waals surface area contributed by atoms with Gasteiger partial charge < -0.3 is 0 Å². The second-order valence-electron chi connectivity index (χ2n) is 5.49. The number of nitrogens with zero attached hydrogens (tertiary/aromatic N) is 1. The highest BCUT2D eigenvalue weighted by Gasteiger charge is 2.20. The number of benzene rings is 2. The highest BCUT2D eigenvalue weighted by atomic mass is 32.2. The van der Waals surface area contributed by atoms with Gasteiger partial charge in [-0.05, 0) is 44.0 Å². The Bertz CT molecular complexity index is 866. The SMILES string of the molecule is Cc1cc(C)c(Sc2ccc(S(C)(=O)=O)cc2[N+](=O)[O-])c(C)c1. The van der Waals surface area contributed by atoms with Gasteiger partial charge in [0.2, 0.25) is 0 Å². The number of hydrogen-bond acceptors (Lipinski definition) is 5. The van der Waals surface area contributed by atoms with Crippen molar-refractivity contribution in [3.05, 3.63) is 57.1 Å². The molecule has 122 valence electrons. The molecule has 0 aromatic heterocycles. The molecule has 0 amide bonds. The molecule has 5 nitrogen and oxygen atoms in total. The summed E-state index contributed by atoms with van der Waals surface area (Å²) in [5, 5.41) is 11.3. The Labute approximate surface area is 139 Å². The average molecular weight is 351 g/mol. The fraction of sp³-hybridized carbons (Fsp3) is 0.250. The van der Waals surface area contributed by atoms with Gasteiger partial charge in [0.25, 0.3) is 5.69 Å². The molecule has 0 heterocycles. The van der Waals surface area contributed by atoms with Crippen LogP contribution in [0.2, 0.25) is 0 Å². The molecular weight excluding hydrogens is 334 g/mol. The minimum atomic E-state index is -3.48. The van der Waals surface area contributed by atoms with Crippen molar-refractivity contribution in [3.63, 3.8) is 0 Å². The second kappa shape index (κ2) is 6.33. The third kappa shape index (κ3) is 3.92. The predicted octanol–water partition coefficient (Wildman–Crippen LogP) is 4.07. The molecule has 2 aromatic rings. The molecule has 2 rings (SSSR count). The number of hydrogen-bond donors (Lipinski definition) is 0. The second-order valence-corrected chi connectivity index (χ2v) is 8.56. The number of aryl methyl sites for hydroxylation is 3. The van der Waals surface area contributed by atoms with Gasteiger partial charge in [0.1, 0.15) is 0 Å². The van der Waals surface area contributed by atoms with Gasteiger partial charge in [0.15, 0.2) is 9.84 Å². The summed E-state index contributed by atoms with van der Waals surface area (Å²) >= 11 is 1.29. The third-order valence-electron chi connectivity index (χ3n) is 3.37. The van der Waals surface area contributed by atoms with Gasteiger partial charge in [-0.15, -0.1) is 0 Å².